The van der Waals surface area contributed by atoms with E-state index in [9.17, 15) is 4.79 Å². The Kier molecular flexibility index (Phi) is 10.2. The number of aliphatic carboxylic acids is 1. The van der Waals surface area contributed by atoms with Crippen LogP contribution in [-0.4, -0.2) is 36.4 Å². The third kappa shape index (κ3) is 9.12. The molecule has 0 fully saturated rings. The number of carboxylic acid groups (broad SMARTS) is 1. The SMILES string of the molecule is CCCCCCC(C)OCC(NCC)C(=O)O. The second-order valence-corrected chi connectivity index (χ2v) is 4.44. The number of carbonyl (C=O) groups is 1. The lowest BCUT2D eigenvalue weighted by molar-refractivity contribution is -0.141. The number of ether oxygens (including phenoxy) is 1. The minimum Gasteiger partial charge on any atom is -0.480 e. The third-order valence-electron chi connectivity index (χ3n) is 2.76. The van der Waals surface area contributed by atoms with Crippen molar-refractivity contribution in [3.8, 4) is 0 Å². The zero-order chi connectivity index (χ0) is 13.1. The maximum absolute atomic E-state index is 10.9. The molecule has 0 spiro atoms. The van der Waals surface area contributed by atoms with Gasteiger partial charge in [0.05, 0.1) is 12.7 Å². The highest BCUT2D eigenvalue weighted by Gasteiger charge is 2.17. The average molecular weight is 245 g/mol. The van der Waals surface area contributed by atoms with Crippen molar-refractivity contribution in [1.82, 2.24) is 5.32 Å². The molecule has 0 aliphatic rings. The normalized spacial score (nSPS) is 14.5. The van der Waals surface area contributed by atoms with Gasteiger partial charge in [-0.05, 0) is 19.9 Å². The van der Waals surface area contributed by atoms with Crippen LogP contribution in [0.2, 0.25) is 0 Å². The van der Waals surface area contributed by atoms with Crippen molar-refractivity contribution in [3.05, 3.63) is 0 Å². The zero-order valence-corrected chi connectivity index (χ0v) is 11.4. The first kappa shape index (κ1) is 16.4. The van der Waals surface area contributed by atoms with E-state index in [1.165, 1.54) is 19.3 Å². The van der Waals surface area contributed by atoms with E-state index in [1.807, 2.05) is 13.8 Å². The summed E-state index contributed by atoms with van der Waals surface area (Å²) < 4.78 is 5.55. The molecule has 0 rings (SSSR count). The number of carboxylic acids is 1. The first-order chi connectivity index (χ1) is 8.11. The molecule has 0 saturated carbocycles. The molecule has 0 saturated heterocycles. The summed E-state index contributed by atoms with van der Waals surface area (Å²) in [5.41, 5.74) is 0. The molecule has 17 heavy (non-hydrogen) atoms. The fourth-order valence-electron chi connectivity index (χ4n) is 1.67. The summed E-state index contributed by atoms with van der Waals surface area (Å²) in [5, 5.41) is 11.8. The Labute approximate surface area is 105 Å². The van der Waals surface area contributed by atoms with Crippen molar-refractivity contribution in [2.45, 2.75) is 65.0 Å². The molecule has 102 valence electrons. The lowest BCUT2D eigenvalue weighted by Crippen LogP contribution is -2.41. The molecule has 0 aromatic carbocycles. The van der Waals surface area contributed by atoms with E-state index in [2.05, 4.69) is 12.2 Å². The fraction of sp³-hybridized carbons (Fsp3) is 0.923. The van der Waals surface area contributed by atoms with Gasteiger partial charge in [0.2, 0.25) is 0 Å². The summed E-state index contributed by atoms with van der Waals surface area (Å²) in [6.07, 6.45) is 6.05. The topological polar surface area (TPSA) is 58.6 Å². The van der Waals surface area contributed by atoms with Gasteiger partial charge in [-0.3, -0.25) is 4.79 Å². The molecule has 0 heterocycles. The van der Waals surface area contributed by atoms with Gasteiger partial charge in [0, 0.05) is 0 Å². The fourth-order valence-corrected chi connectivity index (χ4v) is 1.67. The van der Waals surface area contributed by atoms with E-state index in [-0.39, 0.29) is 12.7 Å². The lowest BCUT2D eigenvalue weighted by Gasteiger charge is -2.17. The van der Waals surface area contributed by atoms with Crippen LogP contribution in [0.25, 0.3) is 0 Å². The molecule has 0 aliphatic carbocycles. The van der Waals surface area contributed by atoms with E-state index in [0.29, 0.717) is 6.54 Å². The van der Waals surface area contributed by atoms with Crippen LogP contribution in [0.15, 0.2) is 0 Å². The summed E-state index contributed by atoms with van der Waals surface area (Å²) in [4.78, 5) is 10.9. The predicted octanol–water partition coefficient (Wildman–Crippen LogP) is 2.42. The number of rotatable bonds is 11. The van der Waals surface area contributed by atoms with Crippen LogP contribution >= 0.6 is 0 Å². The standard InChI is InChI=1S/C13H27NO3/c1-4-6-7-8-9-11(3)17-10-12(13(15)16)14-5-2/h11-12,14H,4-10H2,1-3H3,(H,15,16). The van der Waals surface area contributed by atoms with Crippen LogP contribution in [0.1, 0.15) is 52.9 Å². The summed E-state index contributed by atoms with van der Waals surface area (Å²) in [7, 11) is 0. The van der Waals surface area contributed by atoms with Crippen LogP contribution < -0.4 is 5.32 Å². The van der Waals surface area contributed by atoms with Gasteiger partial charge in [-0.2, -0.15) is 0 Å². The Morgan fingerprint density at radius 3 is 2.53 bits per heavy atom. The highest BCUT2D eigenvalue weighted by atomic mass is 16.5. The van der Waals surface area contributed by atoms with Crippen LogP contribution in [0.5, 0.6) is 0 Å². The molecule has 2 N–H and O–H groups in total. The molecular weight excluding hydrogens is 218 g/mol. The number of hydrogen-bond donors (Lipinski definition) is 2. The van der Waals surface area contributed by atoms with Crippen molar-refractivity contribution in [3.63, 3.8) is 0 Å². The molecular formula is C13H27NO3. The van der Waals surface area contributed by atoms with Crippen molar-refractivity contribution < 1.29 is 14.6 Å². The quantitative estimate of drug-likeness (QED) is 0.549. The molecule has 0 aromatic rings. The highest BCUT2D eigenvalue weighted by molar-refractivity contribution is 5.73. The number of nitrogens with one attached hydrogen (secondary N) is 1. The number of hydrogen-bond acceptors (Lipinski definition) is 3. The molecule has 4 nitrogen and oxygen atoms in total. The minimum absolute atomic E-state index is 0.146. The molecule has 0 bridgehead atoms. The molecule has 0 aromatic heterocycles. The van der Waals surface area contributed by atoms with E-state index in [4.69, 9.17) is 9.84 Å². The summed E-state index contributed by atoms with van der Waals surface area (Å²) in [6, 6.07) is -0.585. The largest absolute Gasteiger partial charge is 0.480 e. The second-order valence-electron chi connectivity index (χ2n) is 4.44. The van der Waals surface area contributed by atoms with Gasteiger partial charge in [-0.25, -0.2) is 0 Å². The van der Waals surface area contributed by atoms with Gasteiger partial charge in [0.1, 0.15) is 6.04 Å². The Bertz CT molecular complexity index is 197. The first-order valence-electron chi connectivity index (χ1n) is 6.69. The summed E-state index contributed by atoms with van der Waals surface area (Å²) in [6.45, 7) is 6.98. The van der Waals surface area contributed by atoms with Gasteiger partial charge < -0.3 is 15.2 Å². The number of likely N-dealkylation sites (N-methyl/N-ethyl adjacent to an activating group) is 1. The lowest BCUT2D eigenvalue weighted by atomic mass is 10.1. The van der Waals surface area contributed by atoms with E-state index < -0.39 is 12.0 Å². The zero-order valence-electron chi connectivity index (χ0n) is 11.4. The number of unbranched alkanes of at least 4 members (excludes halogenated alkanes) is 3. The molecule has 2 unspecified atom stereocenters. The van der Waals surface area contributed by atoms with Crippen molar-refractivity contribution in [2.75, 3.05) is 13.2 Å². The molecule has 2 atom stereocenters. The molecule has 4 heteroatoms. The Hall–Kier alpha value is -0.610. The van der Waals surface area contributed by atoms with Crippen molar-refractivity contribution in [2.24, 2.45) is 0 Å². The monoisotopic (exact) mass is 245 g/mol. The van der Waals surface area contributed by atoms with Crippen LogP contribution in [0.3, 0.4) is 0 Å². The van der Waals surface area contributed by atoms with Gasteiger partial charge in [-0.1, -0.05) is 39.5 Å². The van der Waals surface area contributed by atoms with Gasteiger partial charge >= 0.3 is 5.97 Å². The van der Waals surface area contributed by atoms with Crippen molar-refractivity contribution in [1.29, 1.82) is 0 Å². The van der Waals surface area contributed by atoms with Crippen LogP contribution in [0, 0.1) is 0 Å². The Morgan fingerprint density at radius 2 is 2.00 bits per heavy atom. The Morgan fingerprint density at radius 1 is 1.29 bits per heavy atom. The van der Waals surface area contributed by atoms with Gasteiger partial charge in [-0.15, -0.1) is 0 Å². The maximum Gasteiger partial charge on any atom is 0.323 e. The molecule has 0 radical (unpaired) electrons. The molecule has 0 aliphatic heterocycles. The molecule has 0 amide bonds. The minimum atomic E-state index is -0.843. The maximum atomic E-state index is 10.9. The van der Waals surface area contributed by atoms with Crippen LogP contribution in [-0.2, 0) is 9.53 Å². The van der Waals surface area contributed by atoms with Crippen molar-refractivity contribution >= 4 is 5.97 Å². The Balaban J connectivity index is 3.65. The summed E-state index contributed by atoms with van der Waals surface area (Å²) in [5.74, 6) is -0.843. The first-order valence-corrected chi connectivity index (χ1v) is 6.69. The van der Waals surface area contributed by atoms with E-state index in [0.717, 1.165) is 12.8 Å². The van der Waals surface area contributed by atoms with Gasteiger partial charge in [0.15, 0.2) is 0 Å². The highest BCUT2D eigenvalue weighted by Crippen LogP contribution is 2.08. The average Bonchev–Trinajstić information content (AvgIpc) is 2.29. The van der Waals surface area contributed by atoms with Gasteiger partial charge in [0.25, 0.3) is 0 Å². The summed E-state index contributed by atoms with van der Waals surface area (Å²) >= 11 is 0. The second kappa shape index (κ2) is 10.5. The smallest absolute Gasteiger partial charge is 0.323 e. The van der Waals surface area contributed by atoms with Crippen LogP contribution in [0.4, 0.5) is 0 Å². The van der Waals surface area contributed by atoms with E-state index >= 15 is 0 Å². The predicted molar refractivity (Wildman–Crippen MR) is 69.3 cm³/mol. The third-order valence-corrected chi connectivity index (χ3v) is 2.76. The van der Waals surface area contributed by atoms with E-state index in [1.54, 1.807) is 0 Å².